The molecule has 0 aliphatic heterocycles. The van der Waals surface area contributed by atoms with E-state index in [1.165, 1.54) is 16.6 Å². The van der Waals surface area contributed by atoms with Crippen molar-refractivity contribution in [3.63, 3.8) is 0 Å². The molecule has 0 fully saturated rings. The molecule has 0 aliphatic rings. The monoisotopic (exact) mass is 193 g/mol. The van der Waals surface area contributed by atoms with Crippen LogP contribution in [0.15, 0.2) is 54.6 Å². The van der Waals surface area contributed by atoms with Crippen LogP contribution in [-0.4, -0.2) is 7.28 Å². The molecule has 15 heavy (non-hydrogen) atoms. The van der Waals surface area contributed by atoms with Crippen molar-refractivity contribution in [1.82, 2.24) is 0 Å². The van der Waals surface area contributed by atoms with Crippen LogP contribution in [0, 0.1) is 6.92 Å². The van der Waals surface area contributed by atoms with Crippen LogP contribution < -0.4 is 5.46 Å². The van der Waals surface area contributed by atoms with Gasteiger partial charge in [0.05, 0.1) is 0 Å². The van der Waals surface area contributed by atoms with Gasteiger partial charge in [0.1, 0.15) is 0 Å². The summed E-state index contributed by atoms with van der Waals surface area (Å²) < 4.78 is 0. The molecule has 2 aromatic rings. The molecule has 73 valence electrons. The standard InChI is InChI=1S/C14H14B/c1-12-7-5-6-8-13(12)11-15-14-9-3-2-4-10-14/h2-10H,11H2,1H3. The highest BCUT2D eigenvalue weighted by Gasteiger charge is 1.99. The highest BCUT2D eigenvalue weighted by atomic mass is 13.9. The van der Waals surface area contributed by atoms with Gasteiger partial charge in [-0.1, -0.05) is 65.6 Å². The van der Waals surface area contributed by atoms with E-state index in [9.17, 15) is 0 Å². The summed E-state index contributed by atoms with van der Waals surface area (Å²) in [5, 5.41) is 0. The summed E-state index contributed by atoms with van der Waals surface area (Å²) in [7, 11) is 2.27. The van der Waals surface area contributed by atoms with Crippen LogP contribution in [0.1, 0.15) is 11.1 Å². The van der Waals surface area contributed by atoms with Crippen LogP contribution in [0.5, 0.6) is 0 Å². The van der Waals surface area contributed by atoms with Crippen molar-refractivity contribution in [1.29, 1.82) is 0 Å². The van der Waals surface area contributed by atoms with Crippen LogP contribution in [0.4, 0.5) is 0 Å². The van der Waals surface area contributed by atoms with E-state index in [0.29, 0.717) is 0 Å². The third-order valence-electron chi connectivity index (χ3n) is 2.62. The van der Waals surface area contributed by atoms with Gasteiger partial charge in [-0.25, -0.2) is 0 Å². The van der Waals surface area contributed by atoms with Gasteiger partial charge >= 0.3 is 0 Å². The van der Waals surface area contributed by atoms with Gasteiger partial charge in [-0.15, -0.1) is 0 Å². The molecule has 0 aliphatic carbocycles. The van der Waals surface area contributed by atoms with Gasteiger partial charge in [-0.2, -0.15) is 0 Å². The molecule has 0 unspecified atom stereocenters. The summed E-state index contributed by atoms with van der Waals surface area (Å²) in [4.78, 5) is 0. The van der Waals surface area contributed by atoms with Gasteiger partial charge in [-0.3, -0.25) is 0 Å². The normalized spacial score (nSPS) is 9.93. The molecule has 0 N–H and O–H groups in total. The van der Waals surface area contributed by atoms with Crippen molar-refractivity contribution in [3.05, 3.63) is 65.7 Å². The number of hydrogen-bond donors (Lipinski definition) is 0. The molecule has 0 amide bonds. The Morgan fingerprint density at radius 2 is 1.53 bits per heavy atom. The van der Waals surface area contributed by atoms with Gasteiger partial charge in [0.2, 0.25) is 0 Å². The van der Waals surface area contributed by atoms with E-state index in [1.54, 1.807) is 0 Å². The molecule has 0 bridgehead atoms. The smallest absolute Gasteiger partial charge is 0.0874 e. The predicted octanol–water partition coefficient (Wildman–Crippen LogP) is 2.52. The van der Waals surface area contributed by atoms with Crippen molar-refractivity contribution < 1.29 is 0 Å². The van der Waals surface area contributed by atoms with Crippen molar-refractivity contribution in [2.75, 3.05) is 0 Å². The highest BCUT2D eigenvalue weighted by molar-refractivity contribution is 6.52. The first-order valence-electron chi connectivity index (χ1n) is 5.29. The lowest BCUT2D eigenvalue weighted by molar-refractivity contribution is 1.29. The van der Waals surface area contributed by atoms with Crippen LogP contribution in [0.3, 0.4) is 0 Å². The molecule has 1 heteroatoms. The summed E-state index contributed by atoms with van der Waals surface area (Å²) >= 11 is 0. The Morgan fingerprint density at radius 1 is 0.867 bits per heavy atom. The molecule has 0 spiro atoms. The zero-order chi connectivity index (χ0) is 10.5. The second-order valence-electron chi connectivity index (χ2n) is 3.75. The summed E-state index contributed by atoms with van der Waals surface area (Å²) in [5.41, 5.74) is 4.06. The molecule has 0 nitrogen and oxygen atoms in total. The van der Waals surface area contributed by atoms with E-state index in [0.717, 1.165) is 6.32 Å². The SMILES string of the molecule is Cc1ccccc1C[B]c1ccccc1. The largest absolute Gasteiger partial charge is 0.156 e. The number of rotatable bonds is 3. The first-order valence-corrected chi connectivity index (χ1v) is 5.29. The fourth-order valence-corrected chi connectivity index (χ4v) is 1.66. The predicted molar refractivity (Wildman–Crippen MR) is 66.7 cm³/mol. The van der Waals surface area contributed by atoms with E-state index in [1.807, 2.05) is 6.07 Å². The van der Waals surface area contributed by atoms with E-state index in [-0.39, 0.29) is 0 Å². The fourth-order valence-electron chi connectivity index (χ4n) is 1.66. The minimum absolute atomic E-state index is 1.01. The summed E-state index contributed by atoms with van der Waals surface area (Å²) in [5.74, 6) is 0. The van der Waals surface area contributed by atoms with E-state index < -0.39 is 0 Å². The van der Waals surface area contributed by atoms with Gasteiger partial charge in [0.15, 0.2) is 7.28 Å². The van der Waals surface area contributed by atoms with Crippen molar-refractivity contribution in [3.8, 4) is 0 Å². The maximum absolute atomic E-state index is 2.27. The second-order valence-corrected chi connectivity index (χ2v) is 3.75. The summed E-state index contributed by atoms with van der Waals surface area (Å²) in [6.45, 7) is 2.16. The van der Waals surface area contributed by atoms with Crippen LogP contribution in [-0.2, 0) is 6.32 Å². The lowest BCUT2D eigenvalue weighted by atomic mass is 9.65. The zero-order valence-electron chi connectivity index (χ0n) is 8.98. The van der Waals surface area contributed by atoms with Crippen molar-refractivity contribution in [2.45, 2.75) is 13.2 Å². The lowest BCUT2D eigenvalue weighted by Gasteiger charge is -2.04. The number of aryl methyl sites for hydroxylation is 1. The average molecular weight is 193 g/mol. The molecule has 0 heterocycles. The average Bonchev–Trinajstić information content (AvgIpc) is 2.29. The zero-order valence-corrected chi connectivity index (χ0v) is 8.98. The molecule has 0 atom stereocenters. The van der Waals surface area contributed by atoms with Crippen LogP contribution in [0.25, 0.3) is 0 Å². The lowest BCUT2D eigenvalue weighted by Crippen LogP contribution is -2.16. The number of hydrogen-bond acceptors (Lipinski definition) is 0. The minimum atomic E-state index is 1.01. The molecular formula is C14H14B. The third-order valence-corrected chi connectivity index (χ3v) is 2.62. The molecular weight excluding hydrogens is 179 g/mol. The first-order chi connectivity index (χ1) is 7.36. The Hall–Kier alpha value is -1.50. The van der Waals surface area contributed by atoms with E-state index >= 15 is 0 Å². The fraction of sp³-hybridized carbons (Fsp3) is 0.143. The van der Waals surface area contributed by atoms with E-state index in [2.05, 4.69) is 62.7 Å². The minimum Gasteiger partial charge on any atom is -0.0874 e. The van der Waals surface area contributed by atoms with Crippen LogP contribution in [0.2, 0.25) is 0 Å². The summed E-state index contributed by atoms with van der Waals surface area (Å²) in [6, 6.07) is 19.0. The summed E-state index contributed by atoms with van der Waals surface area (Å²) in [6.07, 6.45) is 1.01. The Morgan fingerprint density at radius 3 is 2.27 bits per heavy atom. The highest BCUT2D eigenvalue weighted by Crippen LogP contribution is 2.06. The van der Waals surface area contributed by atoms with Gasteiger partial charge in [-0.05, 0) is 18.8 Å². The molecule has 1 radical (unpaired) electrons. The maximum Gasteiger partial charge on any atom is 0.156 e. The Labute approximate surface area is 92.2 Å². The topological polar surface area (TPSA) is 0 Å². The molecule has 0 saturated heterocycles. The number of benzene rings is 2. The quantitative estimate of drug-likeness (QED) is 0.657. The Kier molecular flexibility index (Phi) is 3.23. The van der Waals surface area contributed by atoms with E-state index in [4.69, 9.17) is 0 Å². The molecule has 2 aromatic carbocycles. The first kappa shape index (κ1) is 10.0. The van der Waals surface area contributed by atoms with Gasteiger partial charge in [0, 0.05) is 0 Å². The third kappa shape index (κ3) is 2.72. The second kappa shape index (κ2) is 4.83. The van der Waals surface area contributed by atoms with Crippen LogP contribution >= 0.6 is 0 Å². The van der Waals surface area contributed by atoms with Crippen molar-refractivity contribution in [2.24, 2.45) is 0 Å². The molecule has 2 rings (SSSR count). The molecule has 0 aromatic heterocycles. The molecule has 0 saturated carbocycles. The van der Waals surface area contributed by atoms with Gasteiger partial charge in [0.25, 0.3) is 0 Å². The maximum atomic E-state index is 2.27. The Bertz CT molecular complexity index is 420. The van der Waals surface area contributed by atoms with Crippen molar-refractivity contribution >= 4 is 12.7 Å². The Balaban J connectivity index is 2.03. The van der Waals surface area contributed by atoms with Gasteiger partial charge < -0.3 is 0 Å².